The lowest BCUT2D eigenvalue weighted by atomic mass is 10.2. The maximum absolute atomic E-state index is 4.82. The molecule has 0 aromatic carbocycles. The molecule has 0 aliphatic heterocycles. The van der Waals surface area contributed by atoms with E-state index in [1.54, 1.807) is 6.33 Å². The molecular weight excluding hydrogens is 338 g/mol. The summed E-state index contributed by atoms with van der Waals surface area (Å²) in [5, 5.41) is 1.10. The maximum Gasteiger partial charge on any atom is 0.182 e. The van der Waals surface area contributed by atoms with Crippen LogP contribution in [0, 0.1) is 20.8 Å². The molecule has 7 nitrogen and oxygen atoms in total. The fraction of sp³-hybridized carbons (Fsp3) is 0.150. The zero-order valence-corrected chi connectivity index (χ0v) is 15.2. The normalized spacial score (nSPS) is 11.5. The van der Waals surface area contributed by atoms with Crippen LogP contribution in [0.4, 0.5) is 0 Å². The lowest BCUT2D eigenvalue weighted by molar-refractivity contribution is 1.02. The smallest absolute Gasteiger partial charge is 0.182 e. The van der Waals surface area contributed by atoms with Crippen molar-refractivity contribution >= 4 is 22.1 Å². The summed E-state index contributed by atoms with van der Waals surface area (Å²) in [6, 6.07) is 9.95. The van der Waals surface area contributed by atoms with Gasteiger partial charge >= 0.3 is 0 Å². The second-order valence-corrected chi connectivity index (χ2v) is 6.60. The molecule has 132 valence electrons. The molecule has 0 amide bonds. The SMILES string of the molecule is Cc1cccc(-c2nc(-n3ccc4c(C)nc(C)cc43)c3nc[nH]c3n2)n1. The van der Waals surface area contributed by atoms with Crippen molar-refractivity contribution in [3.05, 3.63) is 59.9 Å². The Morgan fingerprint density at radius 3 is 2.67 bits per heavy atom. The molecule has 5 heterocycles. The van der Waals surface area contributed by atoms with E-state index >= 15 is 0 Å². The van der Waals surface area contributed by atoms with Gasteiger partial charge < -0.3 is 4.98 Å². The highest BCUT2D eigenvalue weighted by molar-refractivity contribution is 5.88. The molecule has 0 bridgehead atoms. The predicted molar refractivity (Wildman–Crippen MR) is 104 cm³/mol. The molecule has 27 heavy (non-hydrogen) atoms. The predicted octanol–water partition coefficient (Wildman–Crippen LogP) is 3.68. The van der Waals surface area contributed by atoms with Crippen molar-refractivity contribution in [1.82, 2.24) is 34.5 Å². The first-order valence-corrected chi connectivity index (χ1v) is 8.71. The average molecular weight is 355 g/mol. The van der Waals surface area contributed by atoms with E-state index < -0.39 is 0 Å². The number of rotatable bonds is 2. The van der Waals surface area contributed by atoms with Crippen LogP contribution in [-0.2, 0) is 0 Å². The number of hydrogen-bond acceptors (Lipinski definition) is 5. The number of aromatic amines is 1. The molecule has 0 saturated heterocycles. The van der Waals surface area contributed by atoms with Gasteiger partial charge in [-0.05, 0) is 45.0 Å². The minimum atomic E-state index is 0.565. The average Bonchev–Trinajstić information content (AvgIpc) is 3.27. The Hall–Kier alpha value is -3.61. The van der Waals surface area contributed by atoms with Crippen LogP contribution in [0.15, 0.2) is 42.9 Å². The summed E-state index contributed by atoms with van der Waals surface area (Å²) >= 11 is 0. The van der Waals surface area contributed by atoms with Crippen molar-refractivity contribution < 1.29 is 0 Å². The van der Waals surface area contributed by atoms with Gasteiger partial charge in [0.1, 0.15) is 5.69 Å². The Balaban J connectivity index is 1.82. The monoisotopic (exact) mass is 355 g/mol. The van der Waals surface area contributed by atoms with Crippen LogP contribution in [0.1, 0.15) is 17.1 Å². The maximum atomic E-state index is 4.82. The van der Waals surface area contributed by atoms with E-state index in [4.69, 9.17) is 4.98 Å². The molecule has 7 heteroatoms. The molecule has 1 N–H and O–H groups in total. The number of aryl methyl sites for hydroxylation is 3. The van der Waals surface area contributed by atoms with Crippen LogP contribution in [-0.4, -0.2) is 34.5 Å². The van der Waals surface area contributed by atoms with Crippen LogP contribution in [0.5, 0.6) is 0 Å². The fourth-order valence-electron chi connectivity index (χ4n) is 3.41. The van der Waals surface area contributed by atoms with Crippen molar-refractivity contribution in [2.75, 3.05) is 0 Å². The van der Waals surface area contributed by atoms with E-state index in [1.807, 2.05) is 49.7 Å². The van der Waals surface area contributed by atoms with Gasteiger partial charge in [0.25, 0.3) is 0 Å². The number of imidazole rings is 1. The summed E-state index contributed by atoms with van der Waals surface area (Å²) in [4.78, 5) is 26.1. The third kappa shape index (κ3) is 2.47. The van der Waals surface area contributed by atoms with Crippen LogP contribution in [0.25, 0.3) is 39.4 Å². The molecule has 0 aliphatic rings. The van der Waals surface area contributed by atoms with Crippen molar-refractivity contribution in [2.24, 2.45) is 0 Å². The summed E-state index contributed by atoms with van der Waals surface area (Å²) in [6.07, 6.45) is 3.64. The quantitative estimate of drug-likeness (QED) is 0.522. The molecule has 0 radical (unpaired) electrons. The number of nitrogens with one attached hydrogen (secondary N) is 1. The number of nitrogens with zero attached hydrogens (tertiary/aromatic N) is 6. The zero-order valence-electron chi connectivity index (χ0n) is 15.2. The first kappa shape index (κ1) is 15.6. The van der Waals surface area contributed by atoms with Crippen molar-refractivity contribution in [3.8, 4) is 17.3 Å². The molecule has 5 rings (SSSR count). The molecule has 0 atom stereocenters. The lowest BCUT2D eigenvalue weighted by Gasteiger charge is -2.09. The second kappa shape index (κ2) is 5.70. The summed E-state index contributed by atoms with van der Waals surface area (Å²) < 4.78 is 2.04. The standard InChI is InChI=1S/C20H17N7/c1-11-5-4-6-15(24-11)18-25-19-17(21-10-22-19)20(26-18)27-8-7-14-13(3)23-12(2)9-16(14)27/h4-10H,1-3H3,(H,21,22,25,26). The van der Waals surface area contributed by atoms with Gasteiger partial charge in [-0.25, -0.2) is 19.9 Å². The molecule has 5 aromatic rings. The summed E-state index contributed by atoms with van der Waals surface area (Å²) in [7, 11) is 0. The Bertz CT molecular complexity index is 1310. The number of H-pyrrole nitrogens is 1. The zero-order chi connectivity index (χ0) is 18.5. The van der Waals surface area contributed by atoms with Crippen LogP contribution < -0.4 is 0 Å². The summed E-state index contributed by atoms with van der Waals surface area (Å²) in [5.74, 6) is 1.29. The highest BCUT2D eigenvalue weighted by atomic mass is 15.1. The molecule has 0 unspecified atom stereocenters. The number of hydrogen-bond donors (Lipinski definition) is 1. The summed E-state index contributed by atoms with van der Waals surface area (Å²) in [5.41, 5.74) is 6.07. The van der Waals surface area contributed by atoms with Crippen LogP contribution in [0.2, 0.25) is 0 Å². The Morgan fingerprint density at radius 1 is 0.926 bits per heavy atom. The van der Waals surface area contributed by atoms with E-state index in [-0.39, 0.29) is 0 Å². The third-order valence-electron chi connectivity index (χ3n) is 4.61. The minimum absolute atomic E-state index is 0.565. The van der Waals surface area contributed by atoms with Gasteiger partial charge in [0, 0.05) is 28.7 Å². The van der Waals surface area contributed by atoms with Gasteiger partial charge in [-0.15, -0.1) is 0 Å². The number of pyridine rings is 2. The van der Waals surface area contributed by atoms with Crippen LogP contribution in [0.3, 0.4) is 0 Å². The third-order valence-corrected chi connectivity index (χ3v) is 4.61. The van der Waals surface area contributed by atoms with Gasteiger partial charge in [0.2, 0.25) is 0 Å². The van der Waals surface area contributed by atoms with Gasteiger partial charge in [-0.2, -0.15) is 0 Å². The Kier molecular flexibility index (Phi) is 3.30. The first-order valence-electron chi connectivity index (χ1n) is 8.71. The molecule has 0 aliphatic carbocycles. The van der Waals surface area contributed by atoms with Gasteiger partial charge in [-0.1, -0.05) is 6.07 Å². The van der Waals surface area contributed by atoms with E-state index in [9.17, 15) is 0 Å². The lowest BCUT2D eigenvalue weighted by Crippen LogP contribution is -2.03. The van der Waals surface area contributed by atoms with E-state index in [0.29, 0.717) is 11.5 Å². The van der Waals surface area contributed by atoms with E-state index in [2.05, 4.69) is 37.1 Å². The highest BCUT2D eigenvalue weighted by Crippen LogP contribution is 2.27. The van der Waals surface area contributed by atoms with Crippen molar-refractivity contribution in [3.63, 3.8) is 0 Å². The fourth-order valence-corrected chi connectivity index (χ4v) is 3.41. The second-order valence-electron chi connectivity index (χ2n) is 6.60. The number of fused-ring (bicyclic) bond motifs is 2. The minimum Gasteiger partial charge on any atom is -0.329 e. The molecular formula is C20H17N7. The Morgan fingerprint density at radius 2 is 1.81 bits per heavy atom. The van der Waals surface area contributed by atoms with Crippen molar-refractivity contribution in [2.45, 2.75) is 20.8 Å². The molecule has 0 fully saturated rings. The first-order chi connectivity index (χ1) is 13.1. The largest absolute Gasteiger partial charge is 0.329 e. The van der Waals surface area contributed by atoms with E-state index in [1.165, 1.54) is 0 Å². The topological polar surface area (TPSA) is 85.2 Å². The van der Waals surface area contributed by atoms with Gasteiger partial charge in [0.15, 0.2) is 22.8 Å². The summed E-state index contributed by atoms with van der Waals surface area (Å²) in [6.45, 7) is 5.97. The Labute approximate surface area is 155 Å². The van der Waals surface area contributed by atoms with Crippen molar-refractivity contribution in [1.29, 1.82) is 0 Å². The van der Waals surface area contributed by atoms with Gasteiger partial charge in [-0.3, -0.25) is 9.55 Å². The van der Waals surface area contributed by atoms with Crippen LogP contribution >= 0.6 is 0 Å². The number of aromatic nitrogens is 7. The highest BCUT2D eigenvalue weighted by Gasteiger charge is 2.16. The van der Waals surface area contributed by atoms with Gasteiger partial charge in [0.05, 0.1) is 11.8 Å². The molecule has 0 saturated carbocycles. The van der Waals surface area contributed by atoms with E-state index in [0.717, 1.165) is 45.0 Å². The molecule has 0 spiro atoms. The molecule has 5 aromatic heterocycles.